The number of benzene rings is 1. The summed E-state index contributed by atoms with van der Waals surface area (Å²) in [6.07, 6.45) is 9.12. The van der Waals surface area contributed by atoms with Gasteiger partial charge in [0, 0.05) is 36.3 Å². The van der Waals surface area contributed by atoms with Crippen molar-refractivity contribution in [3.05, 3.63) is 42.1 Å². The maximum atomic E-state index is 12.5. The van der Waals surface area contributed by atoms with Crippen molar-refractivity contribution in [3.8, 4) is 0 Å². The summed E-state index contributed by atoms with van der Waals surface area (Å²) >= 11 is 0. The molecule has 3 rings (SSSR count). The number of para-hydroxylation sites is 1. The Labute approximate surface area is 152 Å². The summed E-state index contributed by atoms with van der Waals surface area (Å²) in [4.78, 5) is 29.7. The van der Waals surface area contributed by atoms with Gasteiger partial charge in [-0.1, -0.05) is 31.0 Å². The van der Waals surface area contributed by atoms with Crippen LogP contribution in [0.2, 0.25) is 0 Å². The van der Waals surface area contributed by atoms with Crippen LogP contribution >= 0.6 is 0 Å². The van der Waals surface area contributed by atoms with Gasteiger partial charge in [-0.3, -0.25) is 9.59 Å². The van der Waals surface area contributed by atoms with Crippen LogP contribution in [-0.2, 0) is 9.59 Å². The Hall–Kier alpha value is -2.60. The minimum atomic E-state index is -0.895. The summed E-state index contributed by atoms with van der Waals surface area (Å²) in [5.41, 5.74) is 1.90. The number of aliphatic hydroxyl groups excluding tert-OH is 1. The number of likely N-dealkylation sites (tertiary alicyclic amines) is 1. The van der Waals surface area contributed by atoms with E-state index in [-0.39, 0.29) is 5.91 Å². The number of hydrogen-bond acceptors (Lipinski definition) is 3. The van der Waals surface area contributed by atoms with Gasteiger partial charge in [0.15, 0.2) is 0 Å². The molecule has 1 aliphatic heterocycles. The highest BCUT2D eigenvalue weighted by Crippen LogP contribution is 2.18. The molecule has 1 aliphatic rings. The summed E-state index contributed by atoms with van der Waals surface area (Å²) in [5.74, 6) is -0.597. The van der Waals surface area contributed by atoms with Gasteiger partial charge in [0.25, 0.3) is 0 Å². The van der Waals surface area contributed by atoms with Crippen molar-refractivity contribution in [2.24, 2.45) is 0 Å². The highest BCUT2D eigenvalue weighted by molar-refractivity contribution is 5.98. The zero-order valence-corrected chi connectivity index (χ0v) is 14.8. The van der Waals surface area contributed by atoms with E-state index in [0.717, 1.165) is 42.1 Å². The van der Waals surface area contributed by atoms with E-state index < -0.39 is 18.6 Å². The third kappa shape index (κ3) is 4.32. The van der Waals surface area contributed by atoms with Gasteiger partial charge in [-0.05, 0) is 30.5 Å². The molecule has 6 heteroatoms. The highest BCUT2D eigenvalue weighted by atomic mass is 16.3. The van der Waals surface area contributed by atoms with Gasteiger partial charge in [0.2, 0.25) is 11.8 Å². The molecule has 1 fully saturated rings. The minimum Gasteiger partial charge on any atom is -0.394 e. The summed E-state index contributed by atoms with van der Waals surface area (Å²) in [5, 5.41) is 13.2. The predicted molar refractivity (Wildman–Crippen MR) is 101 cm³/mol. The Morgan fingerprint density at radius 2 is 1.92 bits per heavy atom. The second kappa shape index (κ2) is 8.67. The number of fused-ring (bicyclic) bond motifs is 1. The number of nitrogens with zero attached hydrogens (tertiary/aromatic N) is 1. The molecule has 2 amide bonds. The quantitative estimate of drug-likeness (QED) is 0.718. The van der Waals surface area contributed by atoms with Gasteiger partial charge >= 0.3 is 0 Å². The number of carbonyl (C=O) groups excluding carboxylic acids is 2. The Bertz CT molecular complexity index is 788. The normalized spacial score (nSPS) is 16.6. The molecule has 138 valence electrons. The molecule has 2 aromatic rings. The largest absolute Gasteiger partial charge is 0.394 e. The zero-order chi connectivity index (χ0) is 18.4. The molecule has 0 aliphatic carbocycles. The van der Waals surface area contributed by atoms with Crippen LogP contribution in [0.3, 0.4) is 0 Å². The average molecular weight is 355 g/mol. The summed E-state index contributed by atoms with van der Waals surface area (Å²) in [6, 6.07) is 6.93. The van der Waals surface area contributed by atoms with E-state index in [0.29, 0.717) is 13.1 Å². The Balaban J connectivity index is 1.62. The van der Waals surface area contributed by atoms with E-state index in [1.165, 1.54) is 6.08 Å². The van der Waals surface area contributed by atoms with Crippen LogP contribution in [0.25, 0.3) is 17.0 Å². The van der Waals surface area contributed by atoms with Gasteiger partial charge in [0.1, 0.15) is 6.04 Å². The molecule has 26 heavy (non-hydrogen) atoms. The van der Waals surface area contributed by atoms with Crippen LogP contribution < -0.4 is 5.32 Å². The number of aromatic nitrogens is 1. The molecule has 0 radical (unpaired) electrons. The number of hydrogen-bond donors (Lipinski definition) is 3. The second-order valence-corrected chi connectivity index (χ2v) is 6.61. The lowest BCUT2D eigenvalue weighted by molar-refractivity contribution is -0.136. The SMILES string of the molecule is O=C(C=Cc1c[nH]c2ccccc12)N[C@@H](CO)C(=O)N1CCCCCC1. The first-order valence-electron chi connectivity index (χ1n) is 9.13. The smallest absolute Gasteiger partial charge is 0.247 e. The predicted octanol–water partition coefficient (Wildman–Crippen LogP) is 2.06. The van der Waals surface area contributed by atoms with E-state index in [2.05, 4.69) is 10.3 Å². The summed E-state index contributed by atoms with van der Waals surface area (Å²) in [6.45, 7) is 0.981. The van der Waals surface area contributed by atoms with Crippen molar-refractivity contribution < 1.29 is 14.7 Å². The van der Waals surface area contributed by atoms with E-state index in [4.69, 9.17) is 0 Å². The first-order chi connectivity index (χ1) is 12.7. The molecule has 0 saturated carbocycles. The first kappa shape index (κ1) is 18.2. The third-order valence-corrected chi connectivity index (χ3v) is 4.75. The number of rotatable bonds is 5. The molecule has 3 N–H and O–H groups in total. The van der Waals surface area contributed by atoms with E-state index in [1.54, 1.807) is 11.0 Å². The number of H-pyrrole nitrogens is 1. The van der Waals surface area contributed by atoms with Crippen molar-refractivity contribution in [3.63, 3.8) is 0 Å². The molecule has 1 saturated heterocycles. The van der Waals surface area contributed by atoms with Gasteiger partial charge in [-0.15, -0.1) is 0 Å². The molecule has 0 bridgehead atoms. The zero-order valence-electron chi connectivity index (χ0n) is 14.8. The summed E-state index contributed by atoms with van der Waals surface area (Å²) in [7, 11) is 0. The lowest BCUT2D eigenvalue weighted by Crippen LogP contribution is -2.50. The van der Waals surface area contributed by atoms with Crippen LogP contribution in [0.15, 0.2) is 36.5 Å². The van der Waals surface area contributed by atoms with Gasteiger partial charge < -0.3 is 20.3 Å². The number of aromatic amines is 1. The third-order valence-electron chi connectivity index (χ3n) is 4.75. The molecular formula is C20H25N3O3. The highest BCUT2D eigenvalue weighted by Gasteiger charge is 2.25. The molecular weight excluding hydrogens is 330 g/mol. The van der Waals surface area contributed by atoms with Crippen LogP contribution in [0, 0.1) is 0 Å². The number of nitrogens with one attached hydrogen (secondary N) is 2. The van der Waals surface area contributed by atoms with Crippen LogP contribution in [0.5, 0.6) is 0 Å². The maximum Gasteiger partial charge on any atom is 0.247 e. The standard InChI is InChI=1S/C20H25N3O3/c24-14-18(20(26)23-11-5-1-2-6-12-23)22-19(25)10-9-15-13-21-17-8-4-3-7-16(15)17/h3-4,7-10,13,18,21,24H,1-2,5-6,11-12,14H2,(H,22,25)/t18-/m0/s1. The molecule has 6 nitrogen and oxygen atoms in total. The topological polar surface area (TPSA) is 85.4 Å². The Kier molecular flexibility index (Phi) is 6.07. The molecule has 0 unspecified atom stereocenters. The summed E-state index contributed by atoms with van der Waals surface area (Å²) < 4.78 is 0. The fraction of sp³-hybridized carbons (Fsp3) is 0.400. The maximum absolute atomic E-state index is 12.5. The fourth-order valence-corrected chi connectivity index (χ4v) is 3.31. The van der Waals surface area contributed by atoms with Crippen molar-refractivity contribution >= 4 is 28.8 Å². The van der Waals surface area contributed by atoms with Crippen molar-refractivity contribution in [1.29, 1.82) is 0 Å². The van der Waals surface area contributed by atoms with Crippen molar-refractivity contribution in [2.45, 2.75) is 31.7 Å². The molecule has 0 spiro atoms. The van der Waals surface area contributed by atoms with Crippen LogP contribution in [-0.4, -0.2) is 52.5 Å². The minimum absolute atomic E-state index is 0.205. The molecule has 2 heterocycles. The van der Waals surface area contributed by atoms with Gasteiger partial charge in [0.05, 0.1) is 6.61 Å². The molecule has 1 aromatic carbocycles. The van der Waals surface area contributed by atoms with Crippen molar-refractivity contribution in [1.82, 2.24) is 15.2 Å². The lowest BCUT2D eigenvalue weighted by atomic mass is 10.1. The van der Waals surface area contributed by atoms with Gasteiger partial charge in [-0.2, -0.15) is 0 Å². The number of carbonyl (C=O) groups is 2. The van der Waals surface area contributed by atoms with Crippen LogP contribution in [0.4, 0.5) is 0 Å². The Morgan fingerprint density at radius 3 is 2.65 bits per heavy atom. The molecule has 1 atom stereocenters. The van der Waals surface area contributed by atoms with E-state index >= 15 is 0 Å². The fourth-order valence-electron chi connectivity index (χ4n) is 3.31. The molecule has 1 aromatic heterocycles. The van der Waals surface area contributed by atoms with Crippen LogP contribution in [0.1, 0.15) is 31.2 Å². The number of amides is 2. The lowest BCUT2D eigenvalue weighted by Gasteiger charge is -2.25. The Morgan fingerprint density at radius 1 is 1.19 bits per heavy atom. The van der Waals surface area contributed by atoms with Gasteiger partial charge in [-0.25, -0.2) is 0 Å². The number of aliphatic hydroxyl groups is 1. The average Bonchev–Trinajstić information content (AvgIpc) is 2.88. The monoisotopic (exact) mass is 355 g/mol. The first-order valence-corrected chi connectivity index (χ1v) is 9.13. The van der Waals surface area contributed by atoms with E-state index in [1.807, 2.05) is 30.5 Å². The van der Waals surface area contributed by atoms with E-state index in [9.17, 15) is 14.7 Å². The van der Waals surface area contributed by atoms with Crippen molar-refractivity contribution in [2.75, 3.05) is 19.7 Å². The second-order valence-electron chi connectivity index (χ2n) is 6.61.